The van der Waals surface area contributed by atoms with Gasteiger partial charge in [-0.25, -0.2) is 4.39 Å². The van der Waals surface area contributed by atoms with Crippen molar-refractivity contribution in [2.45, 2.75) is 44.8 Å². The number of nitrogens with zero attached hydrogens (tertiary/aromatic N) is 2. The number of carbonyl (C=O) groups is 4. The summed E-state index contributed by atoms with van der Waals surface area (Å²) in [5.41, 5.74) is 0.187. The highest BCUT2D eigenvalue weighted by molar-refractivity contribution is 6.25. The van der Waals surface area contributed by atoms with Crippen molar-refractivity contribution in [3.63, 3.8) is 0 Å². The Morgan fingerprint density at radius 3 is 2.29 bits per heavy atom. The van der Waals surface area contributed by atoms with Gasteiger partial charge in [-0.3, -0.25) is 29.4 Å². The fourth-order valence-corrected chi connectivity index (χ4v) is 4.36. The number of anilines is 1. The molecule has 28 heavy (non-hydrogen) atoms. The second-order valence-corrected chi connectivity index (χ2v) is 7.53. The van der Waals surface area contributed by atoms with Crippen molar-refractivity contribution in [3.8, 4) is 0 Å². The molecule has 3 aliphatic rings. The van der Waals surface area contributed by atoms with Gasteiger partial charge in [-0.2, -0.15) is 0 Å². The van der Waals surface area contributed by atoms with E-state index in [1.165, 1.54) is 12.1 Å². The molecule has 0 spiro atoms. The molecule has 8 nitrogen and oxygen atoms in total. The maximum Gasteiger partial charge on any atom is 0.265 e. The predicted octanol–water partition coefficient (Wildman–Crippen LogP) is 0.413. The average molecular weight is 388 g/mol. The Labute approximate surface area is 161 Å². The van der Waals surface area contributed by atoms with E-state index in [9.17, 15) is 23.6 Å². The number of fused-ring (bicyclic) bond motifs is 1. The van der Waals surface area contributed by atoms with Gasteiger partial charge in [-0.1, -0.05) is 0 Å². The number of benzene rings is 1. The first kappa shape index (κ1) is 18.5. The van der Waals surface area contributed by atoms with Crippen LogP contribution >= 0.6 is 0 Å². The maximum atomic E-state index is 14.6. The molecule has 2 saturated heterocycles. The first-order valence-electron chi connectivity index (χ1n) is 9.34. The van der Waals surface area contributed by atoms with E-state index in [0.717, 1.165) is 4.90 Å². The number of imide groups is 2. The maximum absolute atomic E-state index is 14.6. The molecule has 3 atom stereocenters. The highest BCUT2D eigenvalue weighted by Gasteiger charge is 2.48. The van der Waals surface area contributed by atoms with E-state index >= 15 is 0 Å². The number of hydrogen-bond acceptors (Lipinski definition) is 6. The van der Waals surface area contributed by atoms with Crippen LogP contribution in [0.1, 0.15) is 47.4 Å². The summed E-state index contributed by atoms with van der Waals surface area (Å²) in [6, 6.07) is 1.66. The number of nitrogens with one attached hydrogen (secondary N) is 2. The largest absolute Gasteiger partial charge is 0.363 e. The minimum Gasteiger partial charge on any atom is -0.363 e. The van der Waals surface area contributed by atoms with E-state index in [1.807, 2.05) is 18.7 Å². The molecule has 0 bridgehead atoms. The zero-order valence-electron chi connectivity index (χ0n) is 15.6. The first-order chi connectivity index (χ1) is 13.3. The molecule has 0 aliphatic carbocycles. The lowest BCUT2D eigenvalue weighted by Crippen LogP contribution is -2.56. The van der Waals surface area contributed by atoms with Crippen molar-refractivity contribution in [1.29, 1.82) is 0 Å². The van der Waals surface area contributed by atoms with Crippen LogP contribution in [0.15, 0.2) is 12.1 Å². The summed E-state index contributed by atoms with van der Waals surface area (Å²) in [7, 11) is 0. The molecule has 2 N–H and O–H groups in total. The third-order valence-corrected chi connectivity index (χ3v) is 5.63. The fourth-order valence-electron chi connectivity index (χ4n) is 4.36. The zero-order valence-corrected chi connectivity index (χ0v) is 15.6. The lowest BCUT2D eigenvalue weighted by Gasteiger charge is -2.42. The van der Waals surface area contributed by atoms with E-state index in [4.69, 9.17) is 0 Å². The second kappa shape index (κ2) is 6.66. The van der Waals surface area contributed by atoms with Gasteiger partial charge < -0.3 is 10.2 Å². The third kappa shape index (κ3) is 2.69. The van der Waals surface area contributed by atoms with Crippen LogP contribution in [0.25, 0.3) is 0 Å². The Hall–Kier alpha value is -2.81. The van der Waals surface area contributed by atoms with Gasteiger partial charge in [0, 0.05) is 31.6 Å². The summed E-state index contributed by atoms with van der Waals surface area (Å²) < 4.78 is 14.6. The molecule has 4 amide bonds. The zero-order chi connectivity index (χ0) is 20.2. The number of amides is 4. The van der Waals surface area contributed by atoms with Gasteiger partial charge in [0.1, 0.15) is 11.9 Å². The van der Waals surface area contributed by atoms with Crippen LogP contribution in [0.3, 0.4) is 0 Å². The second-order valence-electron chi connectivity index (χ2n) is 7.53. The highest BCUT2D eigenvalue weighted by Crippen LogP contribution is 2.37. The molecule has 2 fully saturated rings. The predicted molar refractivity (Wildman–Crippen MR) is 97.3 cm³/mol. The first-order valence-corrected chi connectivity index (χ1v) is 9.34. The standard InChI is InChI=1S/C19H21FN4O4/c1-9-7-21-8-10(2)23(9)12-4-3-11(20)15-16(12)19(28)24(18(15)27)13-5-6-14(25)22-17(13)26/h3-4,9-10,13,21H,5-8H2,1-2H3,(H,22,25,26). The molecule has 3 unspecified atom stereocenters. The summed E-state index contributed by atoms with van der Waals surface area (Å²) in [5.74, 6) is -3.47. The van der Waals surface area contributed by atoms with Crippen molar-refractivity contribution in [3.05, 3.63) is 29.1 Å². The van der Waals surface area contributed by atoms with Gasteiger partial charge in [0.15, 0.2) is 0 Å². The van der Waals surface area contributed by atoms with Crippen molar-refractivity contribution >= 4 is 29.3 Å². The third-order valence-electron chi connectivity index (χ3n) is 5.63. The van der Waals surface area contributed by atoms with Gasteiger partial charge >= 0.3 is 0 Å². The lowest BCUT2D eigenvalue weighted by atomic mass is 10.0. The Bertz CT molecular complexity index is 892. The van der Waals surface area contributed by atoms with Crippen LogP contribution < -0.4 is 15.5 Å². The quantitative estimate of drug-likeness (QED) is 0.713. The monoisotopic (exact) mass is 388 g/mol. The minimum atomic E-state index is -1.12. The smallest absolute Gasteiger partial charge is 0.265 e. The van der Waals surface area contributed by atoms with E-state index in [0.29, 0.717) is 18.8 Å². The van der Waals surface area contributed by atoms with E-state index in [-0.39, 0.29) is 36.1 Å². The number of piperidine rings is 1. The molecule has 0 aromatic heterocycles. The van der Waals surface area contributed by atoms with Gasteiger partial charge in [-0.15, -0.1) is 0 Å². The van der Waals surface area contributed by atoms with E-state index < -0.39 is 35.5 Å². The van der Waals surface area contributed by atoms with E-state index in [1.54, 1.807) is 0 Å². The molecule has 3 heterocycles. The van der Waals surface area contributed by atoms with Gasteiger partial charge in [-0.05, 0) is 32.4 Å². The van der Waals surface area contributed by atoms with Gasteiger partial charge in [0.25, 0.3) is 11.8 Å². The number of rotatable bonds is 2. The number of carbonyl (C=O) groups excluding carboxylic acids is 4. The summed E-state index contributed by atoms with van der Waals surface area (Å²) in [5, 5.41) is 5.44. The Balaban J connectivity index is 1.78. The molecule has 3 aliphatic heterocycles. The average Bonchev–Trinajstić information content (AvgIpc) is 2.89. The number of hydrogen-bond donors (Lipinski definition) is 2. The van der Waals surface area contributed by atoms with Crippen molar-refractivity contribution in [2.24, 2.45) is 0 Å². The Morgan fingerprint density at radius 1 is 1.00 bits per heavy atom. The van der Waals surface area contributed by atoms with Crippen molar-refractivity contribution in [2.75, 3.05) is 18.0 Å². The summed E-state index contributed by atoms with van der Waals surface area (Å²) in [6.07, 6.45) is 0.0541. The van der Waals surface area contributed by atoms with Crippen molar-refractivity contribution < 1.29 is 23.6 Å². The Morgan fingerprint density at radius 2 is 1.64 bits per heavy atom. The molecule has 1 aromatic rings. The van der Waals surface area contributed by atoms with E-state index in [2.05, 4.69) is 10.6 Å². The lowest BCUT2D eigenvalue weighted by molar-refractivity contribution is -0.136. The normalized spacial score (nSPS) is 27.9. The SMILES string of the molecule is CC1CNCC(C)N1c1ccc(F)c2c1C(=O)N(C1CCC(=O)NC1=O)C2=O. The highest BCUT2D eigenvalue weighted by atomic mass is 19.1. The van der Waals surface area contributed by atoms with Crippen LogP contribution in [-0.4, -0.2) is 59.7 Å². The minimum absolute atomic E-state index is 0.00435. The summed E-state index contributed by atoms with van der Waals surface area (Å²) in [4.78, 5) is 52.6. The molecule has 0 radical (unpaired) electrons. The molecular weight excluding hydrogens is 367 g/mol. The van der Waals surface area contributed by atoms with Crippen LogP contribution in [0.4, 0.5) is 10.1 Å². The molecular formula is C19H21FN4O4. The molecule has 148 valence electrons. The molecule has 9 heteroatoms. The summed E-state index contributed by atoms with van der Waals surface area (Å²) >= 11 is 0. The summed E-state index contributed by atoms with van der Waals surface area (Å²) in [6.45, 7) is 5.35. The fraction of sp³-hybridized carbons (Fsp3) is 0.474. The van der Waals surface area contributed by atoms with Gasteiger partial charge in [0.2, 0.25) is 11.8 Å². The number of halogens is 1. The molecule has 1 aromatic carbocycles. The van der Waals surface area contributed by atoms with Gasteiger partial charge in [0.05, 0.1) is 16.8 Å². The van der Waals surface area contributed by atoms with Crippen molar-refractivity contribution in [1.82, 2.24) is 15.5 Å². The number of piperazine rings is 1. The van der Waals surface area contributed by atoms with Crippen LogP contribution in [0, 0.1) is 5.82 Å². The van der Waals surface area contributed by atoms with Crippen LogP contribution in [0.5, 0.6) is 0 Å². The molecule has 4 rings (SSSR count). The Kier molecular flexibility index (Phi) is 4.41. The van der Waals surface area contributed by atoms with Crippen LogP contribution in [0.2, 0.25) is 0 Å². The van der Waals surface area contributed by atoms with Crippen LogP contribution in [-0.2, 0) is 9.59 Å². The topological polar surface area (TPSA) is 98.8 Å². The molecule has 0 saturated carbocycles.